The van der Waals surface area contributed by atoms with Crippen molar-refractivity contribution in [2.24, 2.45) is 10.9 Å². The van der Waals surface area contributed by atoms with Crippen molar-refractivity contribution in [1.29, 1.82) is 0 Å². The lowest BCUT2D eigenvalue weighted by molar-refractivity contribution is -0.131. The van der Waals surface area contributed by atoms with Crippen molar-refractivity contribution in [2.75, 3.05) is 39.9 Å². The van der Waals surface area contributed by atoms with Crippen LogP contribution in [0.1, 0.15) is 37.3 Å². The number of nitrogens with one attached hydrogen (secondary N) is 1. The summed E-state index contributed by atoms with van der Waals surface area (Å²) in [6.45, 7) is 7.92. The number of fused-ring (bicyclic) bond motifs is 1. The van der Waals surface area contributed by atoms with E-state index in [9.17, 15) is 4.79 Å². The smallest absolute Gasteiger partial charge is 0.223 e. The maximum absolute atomic E-state index is 12.5. The van der Waals surface area contributed by atoms with E-state index in [1.165, 1.54) is 11.1 Å². The molecule has 1 aromatic carbocycles. The highest BCUT2D eigenvalue weighted by Gasteiger charge is 2.25. The number of hydrogen-bond acceptors (Lipinski definition) is 3. The third-order valence-electron chi connectivity index (χ3n) is 5.40. The number of carbonyl (C=O) groups excluding carboxylic acids is 1. The second kappa shape index (κ2) is 9.74. The van der Waals surface area contributed by atoms with E-state index in [-0.39, 0.29) is 5.91 Å². The first kappa shape index (κ1) is 19.7. The zero-order chi connectivity index (χ0) is 19.1. The molecule has 6 nitrogen and oxygen atoms in total. The Morgan fingerprint density at radius 3 is 2.67 bits per heavy atom. The van der Waals surface area contributed by atoms with Gasteiger partial charge in [-0.15, -0.1) is 0 Å². The van der Waals surface area contributed by atoms with Gasteiger partial charge < -0.3 is 19.9 Å². The molecule has 1 fully saturated rings. The summed E-state index contributed by atoms with van der Waals surface area (Å²) in [5, 5.41) is 3.42. The van der Waals surface area contributed by atoms with E-state index in [0.717, 1.165) is 64.7 Å². The zero-order valence-corrected chi connectivity index (χ0v) is 16.6. The molecule has 0 spiro atoms. The summed E-state index contributed by atoms with van der Waals surface area (Å²) < 4.78 is 5.55. The quantitative estimate of drug-likeness (QED) is 0.453. The Hall–Kier alpha value is -2.08. The van der Waals surface area contributed by atoms with Crippen LogP contribution in [0.3, 0.4) is 0 Å². The number of hydrogen-bond donors (Lipinski definition) is 1. The van der Waals surface area contributed by atoms with Gasteiger partial charge in [0, 0.05) is 58.7 Å². The molecule has 2 heterocycles. The number of benzene rings is 1. The molecule has 2 aliphatic heterocycles. The van der Waals surface area contributed by atoms with E-state index in [4.69, 9.17) is 4.74 Å². The minimum Gasteiger partial charge on any atom is -0.381 e. The van der Waals surface area contributed by atoms with Gasteiger partial charge in [0.15, 0.2) is 5.96 Å². The van der Waals surface area contributed by atoms with E-state index in [2.05, 4.69) is 27.3 Å². The number of likely N-dealkylation sites (tertiary alicyclic amines) is 1. The number of ether oxygens (including phenoxy) is 1. The van der Waals surface area contributed by atoms with E-state index < -0.39 is 0 Å². The molecule has 1 unspecified atom stereocenters. The Labute approximate surface area is 162 Å². The van der Waals surface area contributed by atoms with Crippen LogP contribution in [0.2, 0.25) is 0 Å². The summed E-state index contributed by atoms with van der Waals surface area (Å²) >= 11 is 0. The molecule has 2 aliphatic rings. The van der Waals surface area contributed by atoms with Gasteiger partial charge in [0.1, 0.15) is 0 Å². The summed E-state index contributed by atoms with van der Waals surface area (Å²) in [6, 6.07) is 8.31. The molecule has 0 aliphatic carbocycles. The third kappa shape index (κ3) is 5.22. The van der Waals surface area contributed by atoms with Crippen LogP contribution < -0.4 is 5.32 Å². The van der Waals surface area contributed by atoms with Gasteiger partial charge in [-0.25, -0.2) is 0 Å². The Bertz CT molecular complexity index is 636. The number of guanidine groups is 1. The first-order chi connectivity index (χ1) is 13.2. The molecule has 1 saturated heterocycles. The summed E-state index contributed by atoms with van der Waals surface area (Å²) in [5.74, 6) is 1.76. The van der Waals surface area contributed by atoms with Gasteiger partial charge in [0.25, 0.3) is 0 Å². The molecular formula is C21H32N4O2. The standard InChI is InChI=1S/C21H32N4O2/c1-3-27-16-17-10-12-24(13-17)21(22-2)23-11-6-9-20(26)25-14-18-7-4-5-8-19(18)15-25/h4-5,7-8,17H,3,6,9-16H2,1-2H3,(H,22,23). The van der Waals surface area contributed by atoms with Crippen molar-refractivity contribution >= 4 is 11.9 Å². The monoisotopic (exact) mass is 372 g/mol. The van der Waals surface area contributed by atoms with Gasteiger partial charge in [-0.2, -0.15) is 0 Å². The fourth-order valence-electron chi connectivity index (χ4n) is 3.89. The molecule has 1 atom stereocenters. The lowest BCUT2D eigenvalue weighted by Crippen LogP contribution is -2.40. The number of nitrogens with zero attached hydrogens (tertiary/aromatic N) is 3. The van der Waals surface area contributed by atoms with Crippen LogP contribution >= 0.6 is 0 Å². The fraction of sp³-hybridized carbons (Fsp3) is 0.619. The summed E-state index contributed by atoms with van der Waals surface area (Å²) in [5.41, 5.74) is 2.56. The van der Waals surface area contributed by atoms with Gasteiger partial charge in [-0.1, -0.05) is 24.3 Å². The zero-order valence-electron chi connectivity index (χ0n) is 16.6. The van der Waals surface area contributed by atoms with E-state index in [1.54, 1.807) is 0 Å². The fourth-order valence-corrected chi connectivity index (χ4v) is 3.89. The molecule has 1 aromatic rings. The molecule has 0 bridgehead atoms. The van der Waals surface area contributed by atoms with Gasteiger partial charge in [-0.3, -0.25) is 9.79 Å². The number of rotatable bonds is 7. The first-order valence-electron chi connectivity index (χ1n) is 10.1. The van der Waals surface area contributed by atoms with Crippen molar-refractivity contribution in [3.63, 3.8) is 0 Å². The predicted octanol–water partition coefficient (Wildman–Crippen LogP) is 2.24. The second-order valence-corrected chi connectivity index (χ2v) is 7.36. The molecule has 0 saturated carbocycles. The number of amides is 1. The molecule has 27 heavy (non-hydrogen) atoms. The minimum absolute atomic E-state index is 0.237. The summed E-state index contributed by atoms with van der Waals surface area (Å²) in [4.78, 5) is 21.1. The Balaban J connectivity index is 1.35. The molecule has 6 heteroatoms. The van der Waals surface area contributed by atoms with E-state index in [1.807, 2.05) is 31.0 Å². The van der Waals surface area contributed by atoms with Crippen LogP contribution in [0, 0.1) is 5.92 Å². The first-order valence-corrected chi connectivity index (χ1v) is 10.1. The van der Waals surface area contributed by atoms with Crippen LogP contribution in [0.4, 0.5) is 0 Å². The molecule has 148 valence electrons. The molecule has 0 aromatic heterocycles. The van der Waals surface area contributed by atoms with Gasteiger partial charge in [-0.05, 0) is 30.9 Å². The normalized spacial score (nSPS) is 19.5. The Morgan fingerprint density at radius 2 is 2.00 bits per heavy atom. The number of aliphatic imine (C=N–C) groups is 1. The molecule has 1 amide bonds. The lowest BCUT2D eigenvalue weighted by Gasteiger charge is -2.22. The van der Waals surface area contributed by atoms with E-state index >= 15 is 0 Å². The lowest BCUT2D eigenvalue weighted by atomic mass is 10.1. The van der Waals surface area contributed by atoms with Crippen molar-refractivity contribution < 1.29 is 9.53 Å². The van der Waals surface area contributed by atoms with E-state index in [0.29, 0.717) is 12.3 Å². The van der Waals surface area contributed by atoms with Crippen LogP contribution in [-0.4, -0.2) is 61.6 Å². The van der Waals surface area contributed by atoms with Crippen molar-refractivity contribution in [2.45, 2.75) is 39.3 Å². The van der Waals surface area contributed by atoms with Crippen molar-refractivity contribution in [3.8, 4) is 0 Å². The predicted molar refractivity (Wildman–Crippen MR) is 107 cm³/mol. The Kier molecular flexibility index (Phi) is 7.10. The van der Waals surface area contributed by atoms with Crippen LogP contribution in [0.5, 0.6) is 0 Å². The van der Waals surface area contributed by atoms with Gasteiger partial charge >= 0.3 is 0 Å². The topological polar surface area (TPSA) is 57.2 Å². The van der Waals surface area contributed by atoms with Gasteiger partial charge in [0.05, 0.1) is 6.61 Å². The average molecular weight is 373 g/mol. The van der Waals surface area contributed by atoms with Crippen LogP contribution in [-0.2, 0) is 22.6 Å². The highest BCUT2D eigenvalue weighted by molar-refractivity contribution is 5.80. The van der Waals surface area contributed by atoms with Crippen LogP contribution in [0.25, 0.3) is 0 Å². The average Bonchev–Trinajstić information content (AvgIpc) is 3.33. The Morgan fingerprint density at radius 1 is 1.26 bits per heavy atom. The van der Waals surface area contributed by atoms with Crippen LogP contribution in [0.15, 0.2) is 29.3 Å². The van der Waals surface area contributed by atoms with Gasteiger partial charge in [0.2, 0.25) is 5.91 Å². The molecule has 0 radical (unpaired) electrons. The number of carbonyl (C=O) groups is 1. The SMILES string of the molecule is CCOCC1CCN(C(=NC)NCCCC(=O)N2Cc3ccccc3C2)C1. The molecule has 1 N–H and O–H groups in total. The maximum Gasteiger partial charge on any atom is 0.223 e. The highest BCUT2D eigenvalue weighted by atomic mass is 16.5. The summed E-state index contributed by atoms with van der Waals surface area (Å²) in [6.07, 6.45) is 2.54. The van der Waals surface area contributed by atoms with Crippen molar-refractivity contribution in [3.05, 3.63) is 35.4 Å². The van der Waals surface area contributed by atoms with Crippen molar-refractivity contribution in [1.82, 2.24) is 15.1 Å². The largest absolute Gasteiger partial charge is 0.381 e. The third-order valence-corrected chi connectivity index (χ3v) is 5.40. The maximum atomic E-state index is 12.5. The molecule has 3 rings (SSSR count). The second-order valence-electron chi connectivity index (χ2n) is 7.36. The minimum atomic E-state index is 0.237. The highest BCUT2D eigenvalue weighted by Crippen LogP contribution is 2.23. The summed E-state index contributed by atoms with van der Waals surface area (Å²) in [7, 11) is 1.82. The molecular weight excluding hydrogens is 340 g/mol.